The molecule has 2 atom stereocenters. The molecule has 0 saturated heterocycles. The van der Waals surface area contributed by atoms with Crippen LogP contribution in [-0.4, -0.2) is 25.4 Å². The number of hydrogen-bond donors (Lipinski definition) is 1. The molecule has 19 heavy (non-hydrogen) atoms. The zero-order valence-corrected chi connectivity index (χ0v) is 13.7. The van der Waals surface area contributed by atoms with Gasteiger partial charge in [-0.05, 0) is 38.8 Å². The minimum atomic E-state index is -0.170. The maximum atomic E-state index is 6.04. The lowest BCUT2D eigenvalue weighted by atomic mass is 10.0. The van der Waals surface area contributed by atoms with Crippen molar-refractivity contribution in [2.24, 2.45) is 5.73 Å². The van der Waals surface area contributed by atoms with Crippen LogP contribution in [0, 0.1) is 0 Å². The number of rotatable bonds is 7. The molecule has 1 rings (SSSR count). The second kappa shape index (κ2) is 7.39. The molecule has 0 fully saturated rings. The van der Waals surface area contributed by atoms with Crippen LogP contribution < -0.4 is 5.73 Å². The summed E-state index contributed by atoms with van der Waals surface area (Å²) < 4.78 is 12.4. The molecule has 0 aliphatic heterocycles. The van der Waals surface area contributed by atoms with Gasteiger partial charge in [0.1, 0.15) is 0 Å². The number of hydrogen-bond acceptors (Lipinski definition) is 3. The molecule has 0 heterocycles. The number of nitrogens with two attached hydrogens (primary N) is 1. The van der Waals surface area contributed by atoms with E-state index < -0.39 is 0 Å². The summed E-state index contributed by atoms with van der Waals surface area (Å²) in [6.45, 7) is 6.69. The first-order valence-corrected chi connectivity index (χ1v) is 7.33. The normalized spacial score (nSPS) is 15.3. The Kier molecular flexibility index (Phi) is 6.47. The first kappa shape index (κ1) is 16.6. The number of benzene rings is 1. The fourth-order valence-electron chi connectivity index (χ4n) is 1.76. The third kappa shape index (κ3) is 5.22. The summed E-state index contributed by atoms with van der Waals surface area (Å²) in [5, 5.41) is 0. The SMILES string of the molecule is COC(C)(C)CCOC(c1ccccc1Br)C(C)N. The Balaban J connectivity index is 2.68. The summed E-state index contributed by atoms with van der Waals surface area (Å²) in [4.78, 5) is 0. The van der Waals surface area contributed by atoms with E-state index >= 15 is 0 Å². The van der Waals surface area contributed by atoms with Gasteiger partial charge in [0.15, 0.2) is 0 Å². The van der Waals surface area contributed by atoms with E-state index in [-0.39, 0.29) is 17.7 Å². The van der Waals surface area contributed by atoms with Gasteiger partial charge >= 0.3 is 0 Å². The van der Waals surface area contributed by atoms with E-state index in [0.29, 0.717) is 6.61 Å². The van der Waals surface area contributed by atoms with Crippen molar-refractivity contribution in [2.75, 3.05) is 13.7 Å². The van der Waals surface area contributed by atoms with Crippen LogP contribution in [0.4, 0.5) is 0 Å². The largest absolute Gasteiger partial charge is 0.379 e. The fraction of sp³-hybridized carbons (Fsp3) is 0.600. The molecule has 3 nitrogen and oxygen atoms in total. The third-order valence-corrected chi connectivity index (χ3v) is 3.97. The number of ether oxygens (including phenoxy) is 2. The second-order valence-corrected chi connectivity index (χ2v) is 6.24. The molecule has 0 amide bonds. The van der Waals surface area contributed by atoms with Crippen LogP contribution in [-0.2, 0) is 9.47 Å². The quantitative estimate of drug-likeness (QED) is 0.830. The Hall–Kier alpha value is -0.420. The van der Waals surface area contributed by atoms with E-state index in [0.717, 1.165) is 16.5 Å². The number of halogens is 1. The van der Waals surface area contributed by atoms with Gasteiger partial charge in [-0.1, -0.05) is 34.1 Å². The molecule has 1 aromatic rings. The van der Waals surface area contributed by atoms with Crippen molar-refractivity contribution in [3.05, 3.63) is 34.3 Å². The maximum Gasteiger partial charge on any atom is 0.0983 e. The molecular formula is C15H24BrNO2. The summed E-state index contributed by atoms with van der Waals surface area (Å²) in [5.41, 5.74) is 6.96. The molecule has 0 radical (unpaired) electrons. The van der Waals surface area contributed by atoms with Gasteiger partial charge in [0.25, 0.3) is 0 Å². The highest BCUT2D eigenvalue weighted by Gasteiger charge is 2.21. The highest BCUT2D eigenvalue weighted by molar-refractivity contribution is 9.10. The lowest BCUT2D eigenvalue weighted by Gasteiger charge is -2.27. The van der Waals surface area contributed by atoms with Crippen LogP contribution in [0.3, 0.4) is 0 Å². The summed E-state index contributed by atoms with van der Waals surface area (Å²) in [6, 6.07) is 7.97. The van der Waals surface area contributed by atoms with Crippen molar-refractivity contribution in [2.45, 2.75) is 44.9 Å². The van der Waals surface area contributed by atoms with Gasteiger partial charge in [-0.15, -0.1) is 0 Å². The van der Waals surface area contributed by atoms with E-state index in [2.05, 4.69) is 29.8 Å². The van der Waals surface area contributed by atoms with Crippen molar-refractivity contribution in [3.8, 4) is 0 Å². The third-order valence-electron chi connectivity index (χ3n) is 3.24. The molecular weight excluding hydrogens is 306 g/mol. The Morgan fingerprint density at radius 3 is 2.47 bits per heavy atom. The van der Waals surface area contributed by atoms with Gasteiger partial charge in [-0.3, -0.25) is 0 Å². The van der Waals surface area contributed by atoms with E-state index in [9.17, 15) is 0 Å². The summed E-state index contributed by atoms with van der Waals surface area (Å²) in [5.74, 6) is 0. The molecule has 0 aliphatic carbocycles. The zero-order chi connectivity index (χ0) is 14.5. The smallest absolute Gasteiger partial charge is 0.0983 e. The van der Waals surface area contributed by atoms with Gasteiger partial charge in [0, 0.05) is 17.6 Å². The van der Waals surface area contributed by atoms with Gasteiger partial charge in [0.05, 0.1) is 18.3 Å². The average molecular weight is 330 g/mol. The molecule has 108 valence electrons. The monoisotopic (exact) mass is 329 g/mol. The van der Waals surface area contributed by atoms with Crippen molar-refractivity contribution >= 4 is 15.9 Å². The van der Waals surface area contributed by atoms with E-state index in [4.69, 9.17) is 15.2 Å². The Morgan fingerprint density at radius 2 is 1.95 bits per heavy atom. The molecule has 2 unspecified atom stereocenters. The van der Waals surface area contributed by atoms with Crippen molar-refractivity contribution < 1.29 is 9.47 Å². The molecule has 0 aliphatic rings. The van der Waals surface area contributed by atoms with Crippen LogP contribution in [0.1, 0.15) is 38.9 Å². The summed E-state index contributed by atoms with van der Waals surface area (Å²) >= 11 is 3.55. The van der Waals surface area contributed by atoms with E-state index in [1.54, 1.807) is 7.11 Å². The predicted octanol–water partition coefficient (Wildman–Crippen LogP) is 3.67. The van der Waals surface area contributed by atoms with Crippen LogP contribution in [0.2, 0.25) is 0 Å². The predicted molar refractivity (Wildman–Crippen MR) is 82.2 cm³/mol. The van der Waals surface area contributed by atoms with E-state index in [1.807, 2.05) is 31.2 Å². The van der Waals surface area contributed by atoms with Gasteiger partial charge in [0.2, 0.25) is 0 Å². The standard InChI is InChI=1S/C15H24BrNO2/c1-11(17)14(12-7-5-6-8-13(12)16)19-10-9-15(2,3)18-4/h5-8,11,14H,9-10,17H2,1-4H3. The van der Waals surface area contributed by atoms with Crippen molar-refractivity contribution in [1.29, 1.82) is 0 Å². The number of methoxy groups -OCH3 is 1. The lowest BCUT2D eigenvalue weighted by Crippen LogP contribution is -2.30. The first-order chi connectivity index (χ1) is 8.87. The minimum Gasteiger partial charge on any atom is -0.379 e. The Bertz CT molecular complexity index is 393. The molecule has 0 bridgehead atoms. The Labute approximate surface area is 124 Å². The minimum absolute atomic E-state index is 0.0654. The molecule has 0 spiro atoms. The van der Waals surface area contributed by atoms with Gasteiger partial charge in [-0.2, -0.15) is 0 Å². The fourth-order valence-corrected chi connectivity index (χ4v) is 2.27. The van der Waals surface area contributed by atoms with Crippen LogP contribution in [0.25, 0.3) is 0 Å². The molecule has 2 N–H and O–H groups in total. The molecule has 1 aromatic carbocycles. The first-order valence-electron chi connectivity index (χ1n) is 6.54. The van der Waals surface area contributed by atoms with Crippen molar-refractivity contribution in [1.82, 2.24) is 0 Å². The zero-order valence-electron chi connectivity index (χ0n) is 12.2. The average Bonchev–Trinajstić information content (AvgIpc) is 2.35. The highest BCUT2D eigenvalue weighted by Crippen LogP contribution is 2.28. The van der Waals surface area contributed by atoms with Crippen LogP contribution in [0.15, 0.2) is 28.7 Å². The highest BCUT2D eigenvalue weighted by atomic mass is 79.9. The van der Waals surface area contributed by atoms with Crippen LogP contribution in [0.5, 0.6) is 0 Å². The second-order valence-electron chi connectivity index (χ2n) is 5.39. The topological polar surface area (TPSA) is 44.5 Å². The van der Waals surface area contributed by atoms with Gasteiger partial charge < -0.3 is 15.2 Å². The Morgan fingerprint density at radius 1 is 1.32 bits per heavy atom. The van der Waals surface area contributed by atoms with Crippen LogP contribution >= 0.6 is 15.9 Å². The van der Waals surface area contributed by atoms with Gasteiger partial charge in [-0.25, -0.2) is 0 Å². The summed E-state index contributed by atoms with van der Waals surface area (Å²) in [7, 11) is 1.72. The molecule has 0 saturated carbocycles. The maximum absolute atomic E-state index is 6.04. The van der Waals surface area contributed by atoms with Crippen molar-refractivity contribution in [3.63, 3.8) is 0 Å². The molecule has 0 aromatic heterocycles. The molecule has 4 heteroatoms. The van der Waals surface area contributed by atoms with E-state index in [1.165, 1.54) is 0 Å². The summed E-state index contributed by atoms with van der Waals surface area (Å²) in [6.07, 6.45) is 0.722. The lowest BCUT2D eigenvalue weighted by molar-refractivity contribution is -0.0319.